The second-order valence-corrected chi connectivity index (χ2v) is 10.2. The maximum absolute atomic E-state index is 13.0. The van der Waals surface area contributed by atoms with E-state index in [1.165, 1.54) is 28.2 Å². The maximum Gasteiger partial charge on any atom is 0.414 e. The van der Waals surface area contributed by atoms with Crippen molar-refractivity contribution >= 4 is 29.3 Å². The number of rotatable bonds is 13. The number of nitrogens with one attached hydrogen (secondary N) is 2. The van der Waals surface area contributed by atoms with Crippen LogP contribution in [0.4, 0.5) is 16.2 Å². The van der Waals surface area contributed by atoms with Crippen molar-refractivity contribution in [1.29, 1.82) is 0 Å². The maximum atomic E-state index is 13.0. The number of amides is 3. The third-order valence-corrected chi connectivity index (χ3v) is 5.59. The second-order valence-electron chi connectivity index (χ2n) is 10.2. The zero-order valence-corrected chi connectivity index (χ0v) is 24.0. The summed E-state index contributed by atoms with van der Waals surface area (Å²) in [5, 5.41) is 9.62. The first kappa shape index (κ1) is 30.8. The Morgan fingerprint density at radius 3 is 2.56 bits per heavy atom. The van der Waals surface area contributed by atoms with Crippen LogP contribution in [-0.2, 0) is 11.8 Å². The van der Waals surface area contributed by atoms with E-state index < -0.39 is 23.5 Å². The molecule has 12 heteroatoms. The van der Waals surface area contributed by atoms with E-state index in [2.05, 4.69) is 38.9 Å². The molecule has 0 aliphatic rings. The zero-order chi connectivity index (χ0) is 30.0. The van der Waals surface area contributed by atoms with Crippen LogP contribution in [0.2, 0.25) is 0 Å². The summed E-state index contributed by atoms with van der Waals surface area (Å²) in [7, 11) is 1.65. The van der Waals surface area contributed by atoms with E-state index in [1.54, 1.807) is 52.2 Å². The molecular weight excluding hydrogens is 526 g/mol. The average molecular weight is 564 g/mol. The SMILES string of the molecule is C=CCCCNC(=O)c1nn(C)cc1NC(=O)c1coc(-c2cncc(N(CCCC=C)C(=O)OC(C)(C)C)c2)n1. The zero-order valence-electron chi connectivity index (χ0n) is 24.0. The fourth-order valence-corrected chi connectivity index (χ4v) is 3.71. The van der Waals surface area contributed by atoms with Crippen LogP contribution in [0.1, 0.15) is 67.4 Å². The van der Waals surface area contributed by atoms with Gasteiger partial charge in [-0.1, -0.05) is 12.2 Å². The van der Waals surface area contributed by atoms with Gasteiger partial charge in [-0.2, -0.15) is 5.10 Å². The Morgan fingerprint density at radius 2 is 1.85 bits per heavy atom. The Labute approximate surface area is 239 Å². The molecule has 3 heterocycles. The highest BCUT2D eigenvalue weighted by Gasteiger charge is 2.25. The molecule has 0 saturated heterocycles. The molecule has 41 heavy (non-hydrogen) atoms. The number of carbonyl (C=O) groups excluding carboxylic acids is 3. The van der Waals surface area contributed by atoms with Gasteiger partial charge >= 0.3 is 6.09 Å². The Kier molecular flexibility index (Phi) is 10.6. The molecule has 0 aliphatic heterocycles. The molecule has 0 saturated carbocycles. The Bertz CT molecular complexity index is 1390. The molecule has 3 aromatic heterocycles. The number of oxazole rings is 1. The van der Waals surface area contributed by atoms with Gasteiger partial charge in [0, 0.05) is 32.5 Å². The molecular formula is C29H37N7O5. The number of aromatic nitrogens is 4. The quantitative estimate of drug-likeness (QED) is 0.215. The van der Waals surface area contributed by atoms with Crippen molar-refractivity contribution in [2.75, 3.05) is 23.3 Å². The van der Waals surface area contributed by atoms with Gasteiger partial charge in [-0.15, -0.1) is 13.2 Å². The summed E-state index contributed by atoms with van der Waals surface area (Å²) in [6.45, 7) is 13.6. The van der Waals surface area contributed by atoms with Crippen LogP contribution in [0, 0.1) is 0 Å². The Hall–Kier alpha value is -4.74. The lowest BCUT2D eigenvalue weighted by molar-refractivity contribution is 0.0579. The minimum atomic E-state index is -0.677. The molecule has 0 aliphatic carbocycles. The van der Waals surface area contributed by atoms with Crippen molar-refractivity contribution in [1.82, 2.24) is 25.1 Å². The van der Waals surface area contributed by atoms with Gasteiger partial charge in [-0.25, -0.2) is 9.78 Å². The van der Waals surface area contributed by atoms with E-state index in [9.17, 15) is 14.4 Å². The summed E-state index contributed by atoms with van der Waals surface area (Å²) >= 11 is 0. The van der Waals surface area contributed by atoms with Gasteiger partial charge in [-0.05, 0) is 52.5 Å². The molecule has 218 valence electrons. The average Bonchev–Trinajstić information content (AvgIpc) is 3.55. The second kappa shape index (κ2) is 14.1. The molecule has 3 rings (SSSR count). The molecule has 2 N–H and O–H groups in total. The van der Waals surface area contributed by atoms with E-state index in [4.69, 9.17) is 9.15 Å². The largest absolute Gasteiger partial charge is 0.444 e. The summed E-state index contributed by atoms with van der Waals surface area (Å²) in [6, 6.07) is 1.69. The summed E-state index contributed by atoms with van der Waals surface area (Å²) in [5.41, 5.74) is 0.577. The minimum absolute atomic E-state index is 0.0124. The van der Waals surface area contributed by atoms with Crippen LogP contribution in [0.3, 0.4) is 0 Å². The number of anilines is 2. The van der Waals surface area contributed by atoms with Gasteiger partial charge in [0.05, 0.1) is 23.1 Å². The number of hydrogen-bond donors (Lipinski definition) is 2. The predicted molar refractivity (Wildman–Crippen MR) is 156 cm³/mol. The lowest BCUT2D eigenvalue weighted by atomic mass is 10.2. The standard InChI is InChI=1S/C29H37N7O5/c1-7-9-11-13-31-26(38)24-22(18-35(6)34-24)32-25(37)23-19-40-27(33-23)20-15-21(17-30-16-20)36(14-12-10-8-2)28(39)41-29(3,4)5/h7-8,15-19H,1-2,9-14H2,3-6H3,(H,31,38)(H,32,37). The minimum Gasteiger partial charge on any atom is -0.444 e. The number of hydrogen-bond acceptors (Lipinski definition) is 8. The topological polar surface area (TPSA) is 144 Å². The van der Waals surface area contributed by atoms with Gasteiger partial charge in [0.25, 0.3) is 11.8 Å². The first-order valence-corrected chi connectivity index (χ1v) is 13.3. The third-order valence-electron chi connectivity index (χ3n) is 5.59. The highest BCUT2D eigenvalue weighted by atomic mass is 16.6. The molecule has 0 atom stereocenters. The lowest BCUT2D eigenvalue weighted by Crippen LogP contribution is -2.37. The van der Waals surface area contributed by atoms with Gasteiger partial charge in [0.1, 0.15) is 11.9 Å². The fourth-order valence-electron chi connectivity index (χ4n) is 3.71. The van der Waals surface area contributed by atoms with E-state index in [-0.39, 0.29) is 23.0 Å². The number of aryl methyl sites for hydroxylation is 1. The number of unbranched alkanes of at least 4 members (excludes halogenated alkanes) is 2. The first-order chi connectivity index (χ1) is 19.5. The normalized spacial score (nSPS) is 11.0. The molecule has 3 amide bonds. The molecule has 0 fully saturated rings. The summed E-state index contributed by atoms with van der Waals surface area (Å²) < 4.78 is 12.6. The van der Waals surface area contributed by atoms with Crippen LogP contribution in [0.15, 0.2) is 60.6 Å². The molecule has 0 radical (unpaired) electrons. The molecule has 0 spiro atoms. The van der Waals surface area contributed by atoms with Gasteiger partial charge in [-0.3, -0.25) is 24.2 Å². The van der Waals surface area contributed by atoms with Crippen LogP contribution < -0.4 is 15.5 Å². The highest BCUT2D eigenvalue weighted by Crippen LogP contribution is 2.25. The lowest BCUT2D eigenvalue weighted by Gasteiger charge is -2.27. The Morgan fingerprint density at radius 1 is 1.12 bits per heavy atom. The summed E-state index contributed by atoms with van der Waals surface area (Å²) in [4.78, 5) is 48.6. The number of nitrogens with zero attached hydrogens (tertiary/aromatic N) is 5. The van der Waals surface area contributed by atoms with E-state index in [1.807, 2.05) is 0 Å². The van der Waals surface area contributed by atoms with Crippen molar-refractivity contribution in [2.24, 2.45) is 7.05 Å². The molecule has 0 bridgehead atoms. The number of pyridine rings is 1. The van der Waals surface area contributed by atoms with Gasteiger partial charge < -0.3 is 19.8 Å². The summed E-state index contributed by atoms with van der Waals surface area (Å²) in [6.07, 6.45) is 11.8. The van der Waals surface area contributed by atoms with Crippen molar-refractivity contribution in [2.45, 2.75) is 52.1 Å². The van der Waals surface area contributed by atoms with Crippen LogP contribution in [-0.4, -0.2) is 56.3 Å². The van der Waals surface area contributed by atoms with Gasteiger partial charge in [0.15, 0.2) is 11.4 Å². The number of ether oxygens (including phenoxy) is 1. The fraction of sp³-hybridized carbons (Fsp3) is 0.379. The third kappa shape index (κ3) is 8.88. The predicted octanol–water partition coefficient (Wildman–Crippen LogP) is 5.13. The van der Waals surface area contributed by atoms with Crippen molar-refractivity contribution < 1.29 is 23.5 Å². The highest BCUT2D eigenvalue weighted by molar-refractivity contribution is 6.07. The van der Waals surface area contributed by atoms with Crippen molar-refractivity contribution in [3.05, 3.63) is 67.6 Å². The van der Waals surface area contributed by atoms with Crippen LogP contribution >= 0.6 is 0 Å². The van der Waals surface area contributed by atoms with Crippen LogP contribution in [0.25, 0.3) is 11.5 Å². The molecule has 0 unspecified atom stereocenters. The summed E-state index contributed by atoms with van der Waals surface area (Å²) in [5.74, 6) is -0.861. The van der Waals surface area contributed by atoms with E-state index in [0.29, 0.717) is 30.8 Å². The van der Waals surface area contributed by atoms with E-state index in [0.717, 1.165) is 19.3 Å². The van der Waals surface area contributed by atoms with Crippen molar-refractivity contribution in [3.63, 3.8) is 0 Å². The van der Waals surface area contributed by atoms with Crippen molar-refractivity contribution in [3.8, 4) is 11.5 Å². The van der Waals surface area contributed by atoms with Gasteiger partial charge in [0.2, 0.25) is 5.89 Å². The van der Waals surface area contributed by atoms with E-state index >= 15 is 0 Å². The number of allylic oxidation sites excluding steroid dienone is 2. The number of carbonyl (C=O) groups is 3. The molecule has 12 nitrogen and oxygen atoms in total. The van der Waals surface area contributed by atoms with Crippen LogP contribution in [0.5, 0.6) is 0 Å². The monoisotopic (exact) mass is 563 g/mol. The first-order valence-electron chi connectivity index (χ1n) is 13.3. The smallest absolute Gasteiger partial charge is 0.414 e. The molecule has 3 aromatic rings. The Balaban J connectivity index is 1.77. The molecule has 0 aromatic carbocycles.